The fraction of sp³-hybridized carbons (Fsp3) is 0.600. The highest BCUT2D eigenvalue weighted by Gasteiger charge is 2.41. The normalized spacial score (nSPS) is 18.3. The molecule has 0 aromatic heterocycles. The van der Waals surface area contributed by atoms with Gasteiger partial charge >= 0.3 is 0 Å². The Hall–Kier alpha value is -1.79. The van der Waals surface area contributed by atoms with Crippen molar-refractivity contribution in [2.75, 3.05) is 33.7 Å². The predicted molar refractivity (Wildman–Crippen MR) is 98.4 cm³/mol. The van der Waals surface area contributed by atoms with Crippen molar-refractivity contribution in [1.29, 1.82) is 0 Å². The Morgan fingerprint density at radius 2 is 1.81 bits per heavy atom. The molecule has 1 amide bonds. The van der Waals surface area contributed by atoms with E-state index in [2.05, 4.69) is 4.90 Å². The fourth-order valence-electron chi connectivity index (χ4n) is 3.46. The fourth-order valence-corrected chi connectivity index (χ4v) is 3.46. The summed E-state index contributed by atoms with van der Waals surface area (Å²) in [7, 11) is 3.41. The van der Waals surface area contributed by atoms with E-state index in [1.807, 2.05) is 0 Å². The van der Waals surface area contributed by atoms with Crippen LogP contribution in [0, 0.1) is 11.7 Å². The lowest BCUT2D eigenvalue weighted by molar-refractivity contribution is -0.145. The smallest absolute Gasteiger partial charge is 0.227 e. The number of ketones is 1. The summed E-state index contributed by atoms with van der Waals surface area (Å²) < 4.78 is 12.9. The van der Waals surface area contributed by atoms with Crippen molar-refractivity contribution in [3.63, 3.8) is 0 Å². The van der Waals surface area contributed by atoms with Crippen molar-refractivity contribution in [1.82, 2.24) is 9.80 Å². The van der Waals surface area contributed by atoms with Gasteiger partial charge in [-0.15, -0.1) is 0 Å². The monoisotopic (exact) mass is 364 g/mol. The molecule has 0 spiro atoms. The maximum Gasteiger partial charge on any atom is 0.227 e. The second-order valence-electron chi connectivity index (χ2n) is 7.43. The Labute approximate surface area is 154 Å². The van der Waals surface area contributed by atoms with Crippen LogP contribution >= 0.6 is 0 Å². The third-order valence-electron chi connectivity index (χ3n) is 5.38. The average molecular weight is 364 g/mol. The number of carbonyl (C=O) groups excluding carboxylic acids is 2. The maximum atomic E-state index is 12.9. The number of likely N-dealkylation sites (tertiary alicyclic amines) is 1. The third kappa shape index (κ3) is 5.11. The van der Waals surface area contributed by atoms with Crippen LogP contribution in [0.4, 0.5) is 4.39 Å². The van der Waals surface area contributed by atoms with E-state index in [0.29, 0.717) is 37.9 Å². The minimum atomic E-state index is -0.957. The van der Waals surface area contributed by atoms with Crippen LogP contribution in [-0.4, -0.2) is 65.9 Å². The van der Waals surface area contributed by atoms with E-state index in [0.717, 1.165) is 13.0 Å². The summed E-state index contributed by atoms with van der Waals surface area (Å²) in [5, 5.41) is 10.8. The van der Waals surface area contributed by atoms with E-state index >= 15 is 0 Å². The molecule has 5 nitrogen and oxygen atoms in total. The molecule has 0 radical (unpaired) electrons. The lowest BCUT2D eigenvalue weighted by Gasteiger charge is -2.41. The van der Waals surface area contributed by atoms with Crippen LogP contribution in [0.2, 0.25) is 0 Å². The van der Waals surface area contributed by atoms with Crippen molar-refractivity contribution in [2.45, 2.75) is 38.2 Å². The van der Waals surface area contributed by atoms with Crippen LogP contribution < -0.4 is 0 Å². The highest BCUT2D eigenvalue weighted by molar-refractivity contribution is 5.95. The first kappa shape index (κ1) is 20.5. The molecule has 1 saturated heterocycles. The maximum absolute atomic E-state index is 12.9. The number of benzene rings is 1. The molecule has 1 aliphatic heterocycles. The molecule has 1 heterocycles. The lowest BCUT2D eigenvalue weighted by atomic mass is 9.79. The molecule has 1 N–H and O–H groups in total. The van der Waals surface area contributed by atoms with Gasteiger partial charge in [-0.05, 0) is 50.1 Å². The molecule has 2 rings (SSSR count). The topological polar surface area (TPSA) is 60.9 Å². The molecule has 1 aromatic carbocycles. The van der Waals surface area contributed by atoms with Crippen LogP contribution in [0.5, 0.6) is 0 Å². The zero-order valence-corrected chi connectivity index (χ0v) is 15.9. The van der Waals surface area contributed by atoms with E-state index in [-0.39, 0.29) is 17.5 Å². The molecule has 1 fully saturated rings. The number of halogens is 1. The number of piperidine rings is 1. The molecule has 1 aliphatic rings. The molecule has 1 atom stereocenters. The SMILES string of the molecule is CC(C(=O)N(C)C)C1(O)CCN(CCCC(=O)c2ccc(F)cc2)CC1. The van der Waals surface area contributed by atoms with E-state index in [1.54, 1.807) is 21.0 Å². The highest BCUT2D eigenvalue weighted by Crippen LogP contribution is 2.31. The molecular formula is C20H29FN2O3. The Balaban J connectivity index is 1.76. The van der Waals surface area contributed by atoms with Crippen molar-refractivity contribution in [2.24, 2.45) is 5.92 Å². The number of rotatable bonds is 7. The largest absolute Gasteiger partial charge is 0.389 e. The molecule has 0 bridgehead atoms. The van der Waals surface area contributed by atoms with Gasteiger partial charge in [-0.1, -0.05) is 6.92 Å². The molecule has 0 saturated carbocycles. The van der Waals surface area contributed by atoms with Gasteiger partial charge in [0.2, 0.25) is 5.91 Å². The first-order valence-corrected chi connectivity index (χ1v) is 9.17. The number of carbonyl (C=O) groups is 2. The lowest BCUT2D eigenvalue weighted by Crippen LogP contribution is -2.52. The summed E-state index contributed by atoms with van der Waals surface area (Å²) in [6.45, 7) is 4.00. The van der Waals surface area contributed by atoms with Crippen LogP contribution in [0.1, 0.15) is 43.0 Å². The number of nitrogens with zero attached hydrogens (tertiary/aromatic N) is 2. The zero-order valence-electron chi connectivity index (χ0n) is 15.9. The Morgan fingerprint density at radius 1 is 1.23 bits per heavy atom. The van der Waals surface area contributed by atoms with Crippen LogP contribution in [-0.2, 0) is 4.79 Å². The van der Waals surface area contributed by atoms with Crippen LogP contribution in [0.15, 0.2) is 24.3 Å². The predicted octanol–water partition coefficient (Wildman–Crippen LogP) is 2.34. The highest BCUT2D eigenvalue weighted by atomic mass is 19.1. The van der Waals surface area contributed by atoms with Gasteiger partial charge in [0.05, 0.1) is 11.5 Å². The minimum Gasteiger partial charge on any atom is -0.389 e. The number of Topliss-reactive ketones (excluding diaryl/α,β-unsaturated/α-hetero) is 1. The Kier molecular flexibility index (Phi) is 6.89. The number of amides is 1. The summed E-state index contributed by atoms with van der Waals surface area (Å²) in [5.74, 6) is -0.793. The average Bonchev–Trinajstić information content (AvgIpc) is 2.62. The Morgan fingerprint density at radius 3 is 2.35 bits per heavy atom. The van der Waals surface area contributed by atoms with Crippen LogP contribution in [0.3, 0.4) is 0 Å². The first-order chi connectivity index (χ1) is 12.2. The second kappa shape index (κ2) is 8.73. The molecule has 1 aromatic rings. The van der Waals surface area contributed by atoms with Crippen molar-refractivity contribution >= 4 is 11.7 Å². The summed E-state index contributed by atoms with van der Waals surface area (Å²) in [5.41, 5.74) is -0.419. The van der Waals surface area contributed by atoms with Crippen molar-refractivity contribution in [3.8, 4) is 0 Å². The summed E-state index contributed by atoms with van der Waals surface area (Å²) in [6.07, 6.45) is 2.25. The standard InChI is InChI=1S/C20H29FN2O3/c1-15(19(25)22(2)3)20(26)10-13-23(14-11-20)12-4-5-18(24)16-6-8-17(21)9-7-16/h6-9,15,26H,4-5,10-14H2,1-3H3. The number of hydrogen-bond acceptors (Lipinski definition) is 4. The van der Waals surface area contributed by atoms with Crippen LogP contribution in [0.25, 0.3) is 0 Å². The van der Waals surface area contributed by atoms with Gasteiger partial charge in [-0.3, -0.25) is 9.59 Å². The van der Waals surface area contributed by atoms with Gasteiger partial charge in [0, 0.05) is 39.2 Å². The summed E-state index contributed by atoms with van der Waals surface area (Å²) >= 11 is 0. The second-order valence-corrected chi connectivity index (χ2v) is 7.43. The van der Waals surface area contributed by atoms with Gasteiger partial charge in [0.1, 0.15) is 5.82 Å². The first-order valence-electron chi connectivity index (χ1n) is 9.17. The van der Waals surface area contributed by atoms with Gasteiger partial charge in [-0.2, -0.15) is 0 Å². The molecule has 1 unspecified atom stereocenters. The van der Waals surface area contributed by atoms with E-state index < -0.39 is 11.5 Å². The zero-order chi connectivity index (χ0) is 19.3. The molecule has 144 valence electrons. The van der Waals surface area contributed by atoms with Gasteiger partial charge in [-0.25, -0.2) is 4.39 Å². The third-order valence-corrected chi connectivity index (χ3v) is 5.38. The molecule has 26 heavy (non-hydrogen) atoms. The summed E-state index contributed by atoms with van der Waals surface area (Å²) in [4.78, 5) is 28.0. The van der Waals surface area contributed by atoms with Crippen molar-refractivity contribution < 1.29 is 19.1 Å². The molecule has 0 aliphatic carbocycles. The number of hydrogen-bond donors (Lipinski definition) is 1. The van der Waals surface area contributed by atoms with E-state index in [9.17, 15) is 19.1 Å². The molecular weight excluding hydrogens is 335 g/mol. The number of aliphatic hydroxyl groups is 1. The van der Waals surface area contributed by atoms with E-state index in [4.69, 9.17) is 0 Å². The van der Waals surface area contributed by atoms with Gasteiger partial charge < -0.3 is 14.9 Å². The Bertz CT molecular complexity index is 622. The molecule has 6 heteroatoms. The van der Waals surface area contributed by atoms with Gasteiger partial charge in [0.25, 0.3) is 0 Å². The minimum absolute atomic E-state index is 0.0173. The van der Waals surface area contributed by atoms with E-state index in [1.165, 1.54) is 29.2 Å². The quantitative estimate of drug-likeness (QED) is 0.755. The summed E-state index contributed by atoms with van der Waals surface area (Å²) in [6, 6.07) is 5.63. The van der Waals surface area contributed by atoms with Crippen molar-refractivity contribution in [3.05, 3.63) is 35.6 Å². The van der Waals surface area contributed by atoms with Gasteiger partial charge in [0.15, 0.2) is 5.78 Å².